The maximum Gasteiger partial charge on any atom is 0.295 e. The summed E-state index contributed by atoms with van der Waals surface area (Å²) in [4.78, 5) is 41.0. The van der Waals surface area contributed by atoms with Crippen LogP contribution in [0.1, 0.15) is 77.6 Å². The third-order valence-electron chi connectivity index (χ3n) is 7.09. The summed E-state index contributed by atoms with van der Waals surface area (Å²) in [5, 5.41) is 0.404. The van der Waals surface area contributed by atoms with Crippen LogP contribution in [0.3, 0.4) is 0 Å². The Morgan fingerprint density at radius 1 is 0.949 bits per heavy atom. The molecule has 5 rings (SSSR count). The monoisotopic (exact) mass is 525 g/mol. The van der Waals surface area contributed by atoms with Gasteiger partial charge >= 0.3 is 0 Å². The van der Waals surface area contributed by atoms with E-state index in [1.54, 1.807) is 66.6 Å². The van der Waals surface area contributed by atoms with Crippen LogP contribution in [0.2, 0.25) is 0 Å². The molecule has 1 aliphatic heterocycles. The van der Waals surface area contributed by atoms with Crippen LogP contribution >= 0.6 is 0 Å². The third kappa shape index (κ3) is 4.92. The standard InChI is InChI=1S/C32H31NO6/c1-4-5-6-9-18-38-26-17-14-22(19-27(26)37-3)29-28-30(35)24-10-7-8-11-25(24)39-31(28)32(36)33(29)23-15-12-21(13-16-23)20(2)34/h7-8,10-17,19,29H,4-6,9,18H2,1-3H3. The number of unbranched alkanes of at least 4 members (excludes halogenated alkanes) is 3. The fourth-order valence-electron chi connectivity index (χ4n) is 5.04. The molecule has 0 saturated carbocycles. The summed E-state index contributed by atoms with van der Waals surface area (Å²) in [6.45, 7) is 4.23. The first-order chi connectivity index (χ1) is 18.9. The first-order valence-corrected chi connectivity index (χ1v) is 13.3. The Morgan fingerprint density at radius 2 is 1.72 bits per heavy atom. The van der Waals surface area contributed by atoms with Crippen molar-refractivity contribution in [1.82, 2.24) is 0 Å². The van der Waals surface area contributed by atoms with Gasteiger partial charge in [-0.25, -0.2) is 0 Å². The van der Waals surface area contributed by atoms with E-state index in [-0.39, 0.29) is 22.5 Å². The number of benzene rings is 3. The van der Waals surface area contributed by atoms with Gasteiger partial charge in [-0.3, -0.25) is 19.3 Å². The van der Waals surface area contributed by atoms with Crippen molar-refractivity contribution >= 4 is 28.3 Å². The van der Waals surface area contributed by atoms with Gasteiger partial charge in [0.05, 0.1) is 30.7 Å². The van der Waals surface area contributed by atoms with Crippen molar-refractivity contribution in [3.63, 3.8) is 0 Å². The summed E-state index contributed by atoms with van der Waals surface area (Å²) >= 11 is 0. The summed E-state index contributed by atoms with van der Waals surface area (Å²) in [6, 6.07) is 18.4. The fourth-order valence-corrected chi connectivity index (χ4v) is 5.04. The van der Waals surface area contributed by atoms with Gasteiger partial charge in [0.25, 0.3) is 5.91 Å². The van der Waals surface area contributed by atoms with Crippen LogP contribution in [0.5, 0.6) is 11.5 Å². The zero-order valence-corrected chi connectivity index (χ0v) is 22.4. The van der Waals surface area contributed by atoms with Crippen LogP contribution in [0.25, 0.3) is 11.0 Å². The smallest absolute Gasteiger partial charge is 0.295 e. The van der Waals surface area contributed by atoms with E-state index in [0.717, 1.165) is 25.7 Å². The molecule has 7 nitrogen and oxygen atoms in total. The molecule has 0 bridgehead atoms. The molecule has 0 fully saturated rings. The molecule has 1 atom stereocenters. The SMILES string of the molecule is CCCCCCOc1ccc(C2c3c(oc4ccccc4c3=O)C(=O)N2c2ccc(C(C)=O)cc2)cc1OC. The third-order valence-corrected chi connectivity index (χ3v) is 7.09. The minimum Gasteiger partial charge on any atom is -0.493 e. The zero-order chi connectivity index (χ0) is 27.5. The van der Waals surface area contributed by atoms with E-state index in [2.05, 4.69) is 6.92 Å². The van der Waals surface area contributed by atoms with Gasteiger partial charge in [0.15, 0.2) is 22.7 Å². The van der Waals surface area contributed by atoms with Crippen molar-refractivity contribution < 1.29 is 23.5 Å². The number of carbonyl (C=O) groups excluding carboxylic acids is 2. The van der Waals surface area contributed by atoms with Crippen LogP contribution in [-0.2, 0) is 0 Å². The molecule has 0 radical (unpaired) electrons. The minimum absolute atomic E-state index is 0.00885. The van der Waals surface area contributed by atoms with Crippen molar-refractivity contribution in [2.45, 2.75) is 45.6 Å². The molecule has 200 valence electrons. The molecule has 39 heavy (non-hydrogen) atoms. The highest BCUT2D eigenvalue weighted by Crippen LogP contribution is 2.43. The van der Waals surface area contributed by atoms with Crippen LogP contribution in [-0.4, -0.2) is 25.4 Å². The number of nitrogens with zero attached hydrogens (tertiary/aromatic N) is 1. The van der Waals surface area contributed by atoms with Crippen molar-refractivity contribution in [3.8, 4) is 11.5 Å². The number of fused-ring (bicyclic) bond motifs is 2. The molecule has 7 heteroatoms. The maximum atomic E-state index is 13.8. The second-order valence-electron chi connectivity index (χ2n) is 9.67. The molecule has 1 aliphatic rings. The van der Waals surface area contributed by atoms with Crippen molar-refractivity contribution in [2.24, 2.45) is 0 Å². The normalized spacial score (nSPS) is 14.5. The molecular formula is C32H31NO6. The Hall–Kier alpha value is -4.39. The zero-order valence-electron chi connectivity index (χ0n) is 22.4. The number of Topliss-reactive ketones (excluding diaryl/α,β-unsaturated/α-hetero) is 1. The lowest BCUT2D eigenvalue weighted by Gasteiger charge is -2.26. The first-order valence-electron chi connectivity index (χ1n) is 13.3. The number of methoxy groups -OCH3 is 1. The summed E-state index contributed by atoms with van der Waals surface area (Å²) in [5.41, 5.74) is 2.11. The Morgan fingerprint density at radius 3 is 2.44 bits per heavy atom. The topological polar surface area (TPSA) is 86.0 Å². The van der Waals surface area contributed by atoms with Gasteiger partial charge in [-0.05, 0) is 67.4 Å². The van der Waals surface area contributed by atoms with E-state index < -0.39 is 11.9 Å². The molecular weight excluding hydrogens is 494 g/mol. The predicted octanol–water partition coefficient (Wildman–Crippen LogP) is 6.71. The number of hydrogen-bond donors (Lipinski definition) is 0. The number of hydrogen-bond acceptors (Lipinski definition) is 6. The molecule has 1 unspecified atom stereocenters. The summed E-state index contributed by atoms with van der Waals surface area (Å²) in [7, 11) is 1.57. The van der Waals surface area contributed by atoms with E-state index >= 15 is 0 Å². The quantitative estimate of drug-likeness (QED) is 0.169. The molecule has 2 heterocycles. The van der Waals surface area contributed by atoms with Gasteiger partial charge in [0.1, 0.15) is 5.58 Å². The van der Waals surface area contributed by atoms with Gasteiger partial charge in [-0.1, -0.05) is 44.4 Å². The minimum atomic E-state index is -0.760. The number of ketones is 1. The van der Waals surface area contributed by atoms with Crippen LogP contribution in [0.4, 0.5) is 5.69 Å². The Labute approximate surface area is 227 Å². The van der Waals surface area contributed by atoms with Crippen LogP contribution in [0, 0.1) is 0 Å². The van der Waals surface area contributed by atoms with Crippen LogP contribution in [0.15, 0.2) is 75.9 Å². The lowest BCUT2D eigenvalue weighted by molar-refractivity contribution is 0.0970. The molecule has 1 aromatic heterocycles. The fraction of sp³-hybridized carbons (Fsp3) is 0.281. The second-order valence-corrected chi connectivity index (χ2v) is 9.67. The summed E-state index contributed by atoms with van der Waals surface area (Å²) in [6.07, 6.45) is 4.35. The summed E-state index contributed by atoms with van der Waals surface area (Å²) in [5.74, 6) is 0.622. The number of carbonyl (C=O) groups is 2. The molecule has 1 amide bonds. The number of amides is 1. The van der Waals surface area contributed by atoms with E-state index in [1.807, 2.05) is 12.1 Å². The highest BCUT2D eigenvalue weighted by atomic mass is 16.5. The average Bonchev–Trinajstić information content (AvgIpc) is 3.25. The molecule has 4 aromatic rings. The Balaban J connectivity index is 1.61. The summed E-state index contributed by atoms with van der Waals surface area (Å²) < 4.78 is 17.7. The average molecular weight is 526 g/mol. The first kappa shape index (κ1) is 26.2. The number of rotatable bonds is 10. The van der Waals surface area contributed by atoms with Gasteiger partial charge in [-0.2, -0.15) is 0 Å². The van der Waals surface area contributed by atoms with Crippen molar-refractivity contribution in [1.29, 1.82) is 0 Å². The highest BCUT2D eigenvalue weighted by Gasteiger charge is 2.44. The maximum absolute atomic E-state index is 13.8. The predicted molar refractivity (Wildman–Crippen MR) is 150 cm³/mol. The van der Waals surface area contributed by atoms with Crippen molar-refractivity contribution in [2.75, 3.05) is 18.6 Å². The van der Waals surface area contributed by atoms with E-state index in [0.29, 0.717) is 45.9 Å². The molecule has 0 spiro atoms. The molecule has 3 aromatic carbocycles. The second kappa shape index (κ2) is 11.2. The largest absolute Gasteiger partial charge is 0.493 e. The molecule has 0 aliphatic carbocycles. The Kier molecular flexibility index (Phi) is 7.50. The number of para-hydroxylation sites is 1. The van der Waals surface area contributed by atoms with Crippen LogP contribution < -0.4 is 19.8 Å². The molecule has 0 N–H and O–H groups in total. The van der Waals surface area contributed by atoms with E-state index in [9.17, 15) is 14.4 Å². The lowest BCUT2D eigenvalue weighted by atomic mass is 9.97. The van der Waals surface area contributed by atoms with Gasteiger partial charge in [0, 0.05) is 11.3 Å². The Bertz CT molecular complexity index is 1590. The number of ether oxygens (including phenoxy) is 2. The van der Waals surface area contributed by atoms with Gasteiger partial charge in [-0.15, -0.1) is 0 Å². The molecule has 0 saturated heterocycles. The van der Waals surface area contributed by atoms with E-state index in [4.69, 9.17) is 13.9 Å². The van der Waals surface area contributed by atoms with E-state index in [1.165, 1.54) is 6.92 Å². The lowest BCUT2D eigenvalue weighted by Crippen LogP contribution is -2.29. The van der Waals surface area contributed by atoms with Gasteiger partial charge < -0.3 is 13.9 Å². The highest BCUT2D eigenvalue weighted by molar-refractivity contribution is 6.11. The van der Waals surface area contributed by atoms with Gasteiger partial charge in [0.2, 0.25) is 5.76 Å². The number of anilines is 1. The van der Waals surface area contributed by atoms with Crippen molar-refractivity contribution in [3.05, 3.63) is 99.4 Å².